The van der Waals surface area contributed by atoms with Gasteiger partial charge in [0.15, 0.2) is 0 Å². The molecule has 2 N–H and O–H groups in total. The standard InChI is InChI=1S/C9H19NO/c1-9(2,7-11)10-6-8-4-3-5-8/h8,10-11H,3-7H2,1-2H3. The molecule has 0 spiro atoms. The van der Waals surface area contributed by atoms with E-state index in [1.807, 2.05) is 13.8 Å². The van der Waals surface area contributed by atoms with Gasteiger partial charge in [-0.05, 0) is 39.2 Å². The van der Waals surface area contributed by atoms with Crippen molar-refractivity contribution in [3.63, 3.8) is 0 Å². The Labute approximate surface area is 69.0 Å². The van der Waals surface area contributed by atoms with Crippen LogP contribution in [-0.4, -0.2) is 23.8 Å². The van der Waals surface area contributed by atoms with Crippen LogP contribution in [0.2, 0.25) is 0 Å². The second-order valence-corrected chi connectivity index (χ2v) is 4.22. The van der Waals surface area contributed by atoms with Crippen molar-refractivity contribution >= 4 is 0 Å². The predicted molar refractivity (Wildman–Crippen MR) is 46.5 cm³/mol. The van der Waals surface area contributed by atoms with E-state index in [-0.39, 0.29) is 12.1 Å². The second kappa shape index (κ2) is 3.55. The van der Waals surface area contributed by atoms with E-state index >= 15 is 0 Å². The molecule has 0 amide bonds. The molecule has 0 aliphatic heterocycles. The smallest absolute Gasteiger partial charge is 0.0607 e. The van der Waals surface area contributed by atoms with E-state index in [4.69, 9.17) is 5.11 Å². The highest BCUT2D eigenvalue weighted by atomic mass is 16.3. The van der Waals surface area contributed by atoms with E-state index in [1.54, 1.807) is 0 Å². The first-order valence-electron chi connectivity index (χ1n) is 4.50. The van der Waals surface area contributed by atoms with Gasteiger partial charge in [-0.3, -0.25) is 0 Å². The van der Waals surface area contributed by atoms with Gasteiger partial charge in [0, 0.05) is 5.54 Å². The van der Waals surface area contributed by atoms with Gasteiger partial charge < -0.3 is 10.4 Å². The van der Waals surface area contributed by atoms with Gasteiger partial charge in [0.1, 0.15) is 0 Å². The molecule has 0 radical (unpaired) electrons. The first-order valence-corrected chi connectivity index (χ1v) is 4.50. The van der Waals surface area contributed by atoms with Crippen molar-refractivity contribution in [1.82, 2.24) is 5.32 Å². The fourth-order valence-electron chi connectivity index (χ4n) is 1.17. The molecule has 0 aromatic carbocycles. The molecule has 2 nitrogen and oxygen atoms in total. The number of rotatable bonds is 4. The van der Waals surface area contributed by atoms with Crippen LogP contribution in [0.3, 0.4) is 0 Å². The summed E-state index contributed by atoms with van der Waals surface area (Å²) >= 11 is 0. The van der Waals surface area contributed by atoms with Crippen molar-refractivity contribution < 1.29 is 5.11 Å². The summed E-state index contributed by atoms with van der Waals surface area (Å²) in [5.41, 5.74) is -0.0877. The summed E-state index contributed by atoms with van der Waals surface area (Å²) in [6.07, 6.45) is 4.13. The fourth-order valence-corrected chi connectivity index (χ4v) is 1.17. The van der Waals surface area contributed by atoms with Crippen LogP contribution in [0.4, 0.5) is 0 Å². The first kappa shape index (κ1) is 9.01. The minimum absolute atomic E-state index is 0.0877. The van der Waals surface area contributed by atoms with E-state index in [1.165, 1.54) is 19.3 Å². The molecule has 0 saturated heterocycles. The molecule has 2 heteroatoms. The Hall–Kier alpha value is -0.0800. The van der Waals surface area contributed by atoms with Crippen LogP contribution < -0.4 is 5.32 Å². The Morgan fingerprint density at radius 3 is 2.45 bits per heavy atom. The van der Waals surface area contributed by atoms with Crippen LogP contribution in [0.15, 0.2) is 0 Å². The van der Waals surface area contributed by atoms with Gasteiger partial charge in [-0.2, -0.15) is 0 Å². The normalized spacial score (nSPS) is 19.9. The molecular weight excluding hydrogens is 138 g/mol. The highest BCUT2D eigenvalue weighted by Crippen LogP contribution is 2.25. The topological polar surface area (TPSA) is 32.3 Å². The minimum atomic E-state index is -0.0877. The SMILES string of the molecule is CC(C)(CO)NCC1CCC1. The van der Waals surface area contributed by atoms with Crippen LogP contribution in [0, 0.1) is 5.92 Å². The molecular formula is C9H19NO. The molecule has 1 saturated carbocycles. The van der Waals surface area contributed by atoms with Crippen LogP contribution >= 0.6 is 0 Å². The first-order chi connectivity index (χ1) is 5.14. The Balaban J connectivity index is 2.09. The summed E-state index contributed by atoms with van der Waals surface area (Å²) in [5, 5.41) is 12.3. The molecule has 0 heterocycles. The van der Waals surface area contributed by atoms with Crippen LogP contribution in [0.1, 0.15) is 33.1 Å². The predicted octanol–water partition coefficient (Wildman–Crippen LogP) is 1.15. The van der Waals surface area contributed by atoms with E-state index < -0.39 is 0 Å². The quantitative estimate of drug-likeness (QED) is 0.641. The summed E-state index contributed by atoms with van der Waals surface area (Å²) in [4.78, 5) is 0. The lowest BCUT2D eigenvalue weighted by Crippen LogP contribution is -2.45. The van der Waals surface area contributed by atoms with Crippen LogP contribution in [0.25, 0.3) is 0 Å². The van der Waals surface area contributed by atoms with Crippen molar-refractivity contribution in [2.75, 3.05) is 13.2 Å². The molecule has 66 valence electrons. The lowest BCUT2D eigenvalue weighted by Gasteiger charge is -2.31. The summed E-state index contributed by atoms with van der Waals surface area (Å²) < 4.78 is 0. The number of hydrogen-bond donors (Lipinski definition) is 2. The number of aliphatic hydroxyl groups excluding tert-OH is 1. The Kier molecular flexibility index (Phi) is 2.90. The Morgan fingerprint density at radius 2 is 2.09 bits per heavy atom. The van der Waals surface area contributed by atoms with Gasteiger partial charge in [-0.1, -0.05) is 6.42 Å². The van der Waals surface area contributed by atoms with Gasteiger partial charge in [-0.25, -0.2) is 0 Å². The highest BCUT2D eigenvalue weighted by molar-refractivity contribution is 4.80. The second-order valence-electron chi connectivity index (χ2n) is 4.22. The number of hydrogen-bond acceptors (Lipinski definition) is 2. The van der Waals surface area contributed by atoms with Crippen LogP contribution in [-0.2, 0) is 0 Å². The van der Waals surface area contributed by atoms with Gasteiger partial charge in [0.2, 0.25) is 0 Å². The zero-order valence-electron chi connectivity index (χ0n) is 7.56. The maximum absolute atomic E-state index is 8.94. The van der Waals surface area contributed by atoms with Crippen molar-refractivity contribution in [2.45, 2.75) is 38.6 Å². The third-order valence-corrected chi connectivity index (χ3v) is 2.49. The van der Waals surface area contributed by atoms with E-state index in [0.717, 1.165) is 12.5 Å². The molecule has 0 unspecified atom stereocenters. The molecule has 0 atom stereocenters. The van der Waals surface area contributed by atoms with Gasteiger partial charge in [0.05, 0.1) is 6.61 Å². The van der Waals surface area contributed by atoms with Crippen molar-refractivity contribution in [3.05, 3.63) is 0 Å². The van der Waals surface area contributed by atoms with Gasteiger partial charge in [0.25, 0.3) is 0 Å². The molecule has 1 aliphatic carbocycles. The summed E-state index contributed by atoms with van der Waals surface area (Å²) in [6.45, 7) is 5.37. The lowest BCUT2D eigenvalue weighted by molar-refractivity contribution is 0.171. The third kappa shape index (κ3) is 2.80. The fraction of sp³-hybridized carbons (Fsp3) is 1.00. The summed E-state index contributed by atoms with van der Waals surface area (Å²) in [7, 11) is 0. The monoisotopic (exact) mass is 157 g/mol. The molecule has 0 aromatic rings. The van der Waals surface area contributed by atoms with Crippen molar-refractivity contribution in [2.24, 2.45) is 5.92 Å². The molecule has 1 rings (SSSR count). The summed E-state index contributed by atoms with van der Waals surface area (Å²) in [5.74, 6) is 0.876. The molecule has 11 heavy (non-hydrogen) atoms. The van der Waals surface area contributed by atoms with Crippen molar-refractivity contribution in [3.8, 4) is 0 Å². The summed E-state index contributed by atoms with van der Waals surface area (Å²) in [6, 6.07) is 0. The Bertz CT molecular complexity index is 119. The van der Waals surface area contributed by atoms with E-state index in [0.29, 0.717) is 0 Å². The van der Waals surface area contributed by atoms with E-state index in [2.05, 4.69) is 5.32 Å². The molecule has 0 bridgehead atoms. The maximum atomic E-state index is 8.94. The third-order valence-electron chi connectivity index (χ3n) is 2.49. The average molecular weight is 157 g/mol. The largest absolute Gasteiger partial charge is 0.394 e. The minimum Gasteiger partial charge on any atom is -0.394 e. The highest BCUT2D eigenvalue weighted by Gasteiger charge is 2.21. The molecule has 0 aromatic heterocycles. The van der Waals surface area contributed by atoms with Crippen molar-refractivity contribution in [1.29, 1.82) is 0 Å². The number of nitrogens with one attached hydrogen (secondary N) is 1. The number of aliphatic hydroxyl groups is 1. The maximum Gasteiger partial charge on any atom is 0.0607 e. The zero-order valence-corrected chi connectivity index (χ0v) is 7.56. The van der Waals surface area contributed by atoms with E-state index in [9.17, 15) is 0 Å². The van der Waals surface area contributed by atoms with Gasteiger partial charge >= 0.3 is 0 Å². The average Bonchev–Trinajstić information content (AvgIpc) is 1.84. The Morgan fingerprint density at radius 1 is 1.45 bits per heavy atom. The zero-order chi connectivity index (χ0) is 8.32. The lowest BCUT2D eigenvalue weighted by atomic mass is 9.85. The molecule has 1 fully saturated rings. The van der Waals surface area contributed by atoms with Gasteiger partial charge in [-0.15, -0.1) is 0 Å². The molecule has 1 aliphatic rings. The van der Waals surface area contributed by atoms with Crippen LogP contribution in [0.5, 0.6) is 0 Å².